The Morgan fingerprint density at radius 2 is 1.56 bits per heavy atom. The number of para-hydroxylation sites is 2. The molecule has 4 aromatic carbocycles. The first-order valence-corrected chi connectivity index (χ1v) is 11.3. The monoisotopic (exact) mass is 478 g/mol. The van der Waals surface area contributed by atoms with Crippen molar-refractivity contribution in [1.82, 2.24) is 5.48 Å². The van der Waals surface area contributed by atoms with Crippen LogP contribution in [0.15, 0.2) is 107 Å². The lowest BCUT2D eigenvalue weighted by atomic mass is 10.1. The summed E-state index contributed by atoms with van der Waals surface area (Å²) in [5, 5.41) is 13.6. The van der Waals surface area contributed by atoms with Gasteiger partial charge in [-0.25, -0.2) is 5.48 Å². The van der Waals surface area contributed by atoms with Crippen molar-refractivity contribution in [2.75, 3.05) is 11.9 Å². The topological polar surface area (TPSA) is 101 Å². The van der Waals surface area contributed by atoms with Crippen molar-refractivity contribution in [2.24, 2.45) is 0 Å². The van der Waals surface area contributed by atoms with Gasteiger partial charge in [-0.2, -0.15) is 0 Å². The van der Waals surface area contributed by atoms with Crippen LogP contribution in [-0.4, -0.2) is 23.6 Å². The van der Waals surface area contributed by atoms with Crippen LogP contribution in [0.5, 0.6) is 5.75 Å². The van der Waals surface area contributed by atoms with Gasteiger partial charge in [0, 0.05) is 22.0 Å². The van der Waals surface area contributed by atoms with Crippen molar-refractivity contribution >= 4 is 45.5 Å². The van der Waals surface area contributed by atoms with E-state index >= 15 is 0 Å². The molecular weight excluding hydrogens is 456 g/mol. The highest BCUT2D eigenvalue weighted by Crippen LogP contribution is 2.31. The zero-order valence-corrected chi connectivity index (χ0v) is 19.1. The molecule has 0 spiro atoms. The maximum atomic E-state index is 13.1. The van der Waals surface area contributed by atoms with E-state index in [9.17, 15) is 9.59 Å². The largest absolute Gasteiger partial charge is 0.489 e. The first kappa shape index (κ1) is 22.9. The number of carbonyl (C=O) groups excluding carboxylic acids is 2. The van der Waals surface area contributed by atoms with E-state index in [2.05, 4.69) is 5.32 Å². The second-order valence-electron chi connectivity index (χ2n) is 8.10. The number of hydroxylamine groups is 1. The molecule has 178 valence electrons. The van der Waals surface area contributed by atoms with E-state index in [1.165, 1.54) is 0 Å². The van der Waals surface area contributed by atoms with Crippen molar-refractivity contribution in [3.63, 3.8) is 0 Å². The third-order valence-electron chi connectivity index (χ3n) is 5.68. The van der Waals surface area contributed by atoms with E-state index < -0.39 is 5.91 Å². The summed E-state index contributed by atoms with van der Waals surface area (Å²) < 4.78 is 11.9. The van der Waals surface area contributed by atoms with Gasteiger partial charge in [0.2, 0.25) is 0 Å². The van der Waals surface area contributed by atoms with E-state index in [1.807, 2.05) is 54.6 Å². The zero-order valence-electron chi connectivity index (χ0n) is 19.1. The number of hydrogen-bond acceptors (Lipinski definition) is 5. The summed E-state index contributed by atoms with van der Waals surface area (Å²) in [5.41, 5.74) is 5.19. The predicted octanol–water partition coefficient (Wildman–Crippen LogP) is 5.81. The third-order valence-corrected chi connectivity index (χ3v) is 5.68. The van der Waals surface area contributed by atoms with Gasteiger partial charge in [0.1, 0.15) is 23.5 Å². The number of amides is 2. The zero-order chi connectivity index (χ0) is 24.9. The summed E-state index contributed by atoms with van der Waals surface area (Å²) in [7, 11) is 0. The lowest BCUT2D eigenvalue weighted by Crippen LogP contribution is -2.19. The Morgan fingerprint density at radius 1 is 0.833 bits per heavy atom. The smallest absolute Gasteiger partial charge is 0.274 e. The van der Waals surface area contributed by atoms with Crippen molar-refractivity contribution < 1.29 is 24.0 Å². The Balaban J connectivity index is 1.41. The summed E-state index contributed by atoms with van der Waals surface area (Å²) in [5.74, 6) is -0.325. The minimum Gasteiger partial charge on any atom is -0.489 e. The van der Waals surface area contributed by atoms with Crippen LogP contribution in [0.2, 0.25) is 0 Å². The molecular formula is C29H22N2O5. The normalized spacial score (nSPS) is 11.4. The molecule has 5 rings (SSSR count). The SMILES string of the molecule is O=C(Nc1ccccc1)/C(=C\c1ccc(C(=O)NO)cc1)COc1ccc2oc3ccccc3c2c1. The minimum absolute atomic E-state index is 0.0127. The Morgan fingerprint density at radius 3 is 2.33 bits per heavy atom. The molecule has 0 aliphatic heterocycles. The molecule has 0 aliphatic rings. The lowest BCUT2D eigenvalue weighted by Gasteiger charge is -2.12. The van der Waals surface area contributed by atoms with Crippen LogP contribution >= 0.6 is 0 Å². The van der Waals surface area contributed by atoms with Gasteiger partial charge in [0.15, 0.2) is 0 Å². The molecule has 7 heteroatoms. The predicted molar refractivity (Wildman–Crippen MR) is 138 cm³/mol. The van der Waals surface area contributed by atoms with E-state index in [0.29, 0.717) is 28.1 Å². The van der Waals surface area contributed by atoms with Crippen LogP contribution in [0.4, 0.5) is 5.69 Å². The summed E-state index contributed by atoms with van der Waals surface area (Å²) in [6.07, 6.45) is 1.70. The van der Waals surface area contributed by atoms with Crippen molar-refractivity contribution in [1.29, 1.82) is 0 Å². The van der Waals surface area contributed by atoms with Crippen LogP contribution in [-0.2, 0) is 4.79 Å². The van der Waals surface area contributed by atoms with Crippen molar-refractivity contribution in [3.05, 3.63) is 114 Å². The molecule has 0 fully saturated rings. The molecule has 0 saturated heterocycles. The molecule has 36 heavy (non-hydrogen) atoms. The van der Waals surface area contributed by atoms with Gasteiger partial charge < -0.3 is 14.5 Å². The lowest BCUT2D eigenvalue weighted by molar-refractivity contribution is -0.113. The van der Waals surface area contributed by atoms with Crippen LogP contribution in [0.3, 0.4) is 0 Å². The van der Waals surface area contributed by atoms with E-state index in [0.717, 1.165) is 21.9 Å². The maximum absolute atomic E-state index is 13.1. The number of hydrogen-bond donors (Lipinski definition) is 3. The number of benzene rings is 4. The van der Waals surface area contributed by atoms with Gasteiger partial charge in [-0.3, -0.25) is 14.8 Å². The van der Waals surface area contributed by atoms with Crippen molar-refractivity contribution in [3.8, 4) is 5.75 Å². The molecule has 0 unspecified atom stereocenters. The molecule has 0 aliphatic carbocycles. The number of nitrogens with one attached hydrogen (secondary N) is 2. The Bertz CT molecular complexity index is 1570. The average Bonchev–Trinajstić information content (AvgIpc) is 3.29. The van der Waals surface area contributed by atoms with Crippen LogP contribution in [0.25, 0.3) is 28.0 Å². The summed E-state index contributed by atoms with van der Waals surface area (Å²) in [4.78, 5) is 24.7. The summed E-state index contributed by atoms with van der Waals surface area (Å²) in [6, 6.07) is 29.0. The Hall–Kier alpha value is -4.88. The Kier molecular flexibility index (Phi) is 6.46. The molecule has 5 aromatic rings. The second-order valence-corrected chi connectivity index (χ2v) is 8.10. The number of rotatable bonds is 7. The molecule has 3 N–H and O–H groups in total. The van der Waals surface area contributed by atoms with Gasteiger partial charge in [0.05, 0.1) is 5.57 Å². The fourth-order valence-electron chi connectivity index (χ4n) is 3.86. The van der Waals surface area contributed by atoms with Gasteiger partial charge in [-0.1, -0.05) is 48.5 Å². The fourth-order valence-corrected chi connectivity index (χ4v) is 3.86. The van der Waals surface area contributed by atoms with Gasteiger partial charge in [-0.05, 0) is 60.2 Å². The molecule has 0 radical (unpaired) electrons. The van der Waals surface area contributed by atoms with Crippen LogP contribution in [0, 0.1) is 0 Å². The summed E-state index contributed by atoms with van der Waals surface area (Å²) in [6.45, 7) is 0.0127. The molecule has 2 amide bonds. The first-order chi connectivity index (χ1) is 17.6. The summed E-state index contributed by atoms with van der Waals surface area (Å²) >= 11 is 0. The molecule has 0 saturated carbocycles. The second kappa shape index (κ2) is 10.2. The first-order valence-electron chi connectivity index (χ1n) is 11.3. The number of furan rings is 1. The minimum atomic E-state index is -0.613. The maximum Gasteiger partial charge on any atom is 0.274 e. The van der Waals surface area contributed by atoms with Crippen LogP contribution in [0.1, 0.15) is 15.9 Å². The average molecular weight is 479 g/mol. The van der Waals surface area contributed by atoms with Gasteiger partial charge >= 0.3 is 0 Å². The molecule has 0 atom stereocenters. The van der Waals surface area contributed by atoms with E-state index in [-0.39, 0.29) is 12.5 Å². The van der Waals surface area contributed by atoms with Crippen molar-refractivity contribution in [2.45, 2.75) is 0 Å². The highest BCUT2D eigenvalue weighted by Gasteiger charge is 2.13. The number of fused-ring (bicyclic) bond motifs is 3. The standard InChI is InChI=1S/C29H22N2O5/c32-28(30-22-6-2-1-3-7-22)21(16-19-10-12-20(13-11-19)29(33)31-34)18-35-23-14-15-27-25(17-23)24-8-4-5-9-26(24)36-27/h1-17,34H,18H2,(H,30,32)(H,31,33)/b21-16-. The number of anilines is 1. The Labute approximate surface area is 206 Å². The third kappa shape index (κ3) is 4.96. The molecule has 1 aromatic heterocycles. The van der Waals surface area contributed by atoms with E-state index in [4.69, 9.17) is 14.4 Å². The number of ether oxygens (including phenoxy) is 1. The van der Waals surface area contributed by atoms with Crippen LogP contribution < -0.4 is 15.5 Å². The molecule has 1 heterocycles. The molecule has 0 bridgehead atoms. The quantitative estimate of drug-likeness (QED) is 0.156. The highest BCUT2D eigenvalue weighted by molar-refractivity contribution is 6.07. The molecule has 7 nitrogen and oxygen atoms in total. The van der Waals surface area contributed by atoms with E-state index in [1.54, 1.807) is 54.0 Å². The van der Waals surface area contributed by atoms with Gasteiger partial charge in [0.25, 0.3) is 11.8 Å². The number of carbonyl (C=O) groups is 2. The highest BCUT2D eigenvalue weighted by atomic mass is 16.5. The fraction of sp³-hybridized carbons (Fsp3) is 0.0345. The van der Waals surface area contributed by atoms with Gasteiger partial charge in [-0.15, -0.1) is 0 Å².